The summed E-state index contributed by atoms with van der Waals surface area (Å²) < 4.78 is 11.8. The van der Waals surface area contributed by atoms with Gasteiger partial charge in [-0.25, -0.2) is 4.79 Å². The number of aliphatic hydroxyl groups is 1. The predicted molar refractivity (Wildman–Crippen MR) is 107 cm³/mol. The zero-order chi connectivity index (χ0) is 20.1. The molecule has 3 heterocycles. The third-order valence-corrected chi connectivity index (χ3v) is 6.19. The lowest BCUT2D eigenvalue weighted by atomic mass is 9.86. The largest absolute Gasteiger partial charge is 0.487 e. The number of β-amino-alcohol motifs (C(OH)–C–C–N with tert-alkyl or cyclic N) is 1. The van der Waals surface area contributed by atoms with Gasteiger partial charge in [-0.15, -0.1) is 0 Å². The number of fused-ring (bicyclic) bond motifs is 1. The van der Waals surface area contributed by atoms with E-state index in [0.717, 1.165) is 43.1 Å². The van der Waals surface area contributed by atoms with Crippen LogP contribution in [-0.4, -0.2) is 70.5 Å². The molecule has 1 aromatic rings. The van der Waals surface area contributed by atoms with Gasteiger partial charge in [0, 0.05) is 43.9 Å². The fraction of sp³-hybridized carbons (Fsp3) is 0.667. The molecule has 2 atom stereocenters. The van der Waals surface area contributed by atoms with E-state index in [1.807, 2.05) is 39.0 Å². The number of benzene rings is 1. The van der Waals surface area contributed by atoms with Crippen LogP contribution in [0.2, 0.25) is 5.02 Å². The van der Waals surface area contributed by atoms with Gasteiger partial charge in [-0.1, -0.05) is 11.6 Å². The molecule has 7 heteroatoms. The second-order valence-corrected chi connectivity index (χ2v) is 9.71. The van der Waals surface area contributed by atoms with Gasteiger partial charge in [0.2, 0.25) is 0 Å². The Morgan fingerprint density at radius 2 is 2.00 bits per heavy atom. The maximum atomic E-state index is 12.3. The van der Waals surface area contributed by atoms with E-state index in [9.17, 15) is 9.90 Å². The first-order chi connectivity index (χ1) is 13.1. The first-order valence-electron chi connectivity index (χ1n) is 10.0. The van der Waals surface area contributed by atoms with E-state index in [4.69, 9.17) is 21.1 Å². The van der Waals surface area contributed by atoms with Crippen molar-refractivity contribution in [2.45, 2.75) is 63.4 Å². The highest BCUT2D eigenvalue weighted by Gasteiger charge is 2.46. The lowest BCUT2D eigenvalue weighted by Gasteiger charge is -2.41. The highest BCUT2D eigenvalue weighted by molar-refractivity contribution is 6.30. The van der Waals surface area contributed by atoms with Gasteiger partial charge in [0.1, 0.15) is 17.0 Å². The van der Waals surface area contributed by atoms with Crippen LogP contribution in [0.4, 0.5) is 4.79 Å². The highest BCUT2D eigenvalue weighted by Crippen LogP contribution is 2.42. The Morgan fingerprint density at radius 1 is 1.29 bits per heavy atom. The fourth-order valence-corrected chi connectivity index (χ4v) is 4.74. The maximum absolute atomic E-state index is 12.3. The van der Waals surface area contributed by atoms with Gasteiger partial charge in [0.25, 0.3) is 0 Å². The van der Waals surface area contributed by atoms with Crippen molar-refractivity contribution in [2.24, 2.45) is 0 Å². The van der Waals surface area contributed by atoms with Crippen molar-refractivity contribution < 1.29 is 19.4 Å². The van der Waals surface area contributed by atoms with Crippen LogP contribution < -0.4 is 4.74 Å². The number of nitrogens with zero attached hydrogens (tertiary/aromatic N) is 2. The van der Waals surface area contributed by atoms with E-state index in [-0.39, 0.29) is 17.7 Å². The van der Waals surface area contributed by atoms with Crippen LogP contribution >= 0.6 is 11.6 Å². The number of piperidine rings is 1. The Balaban J connectivity index is 1.35. The molecule has 0 bridgehead atoms. The number of carbonyl (C=O) groups is 1. The fourth-order valence-electron chi connectivity index (χ4n) is 4.55. The number of halogens is 1. The number of rotatable bonds is 1. The summed E-state index contributed by atoms with van der Waals surface area (Å²) in [4.78, 5) is 16.2. The average molecular weight is 409 g/mol. The summed E-state index contributed by atoms with van der Waals surface area (Å²) in [5.74, 6) is 0.940. The first-order valence-corrected chi connectivity index (χ1v) is 10.4. The molecule has 6 nitrogen and oxygen atoms in total. The molecule has 3 aliphatic rings. The van der Waals surface area contributed by atoms with E-state index < -0.39 is 11.7 Å². The summed E-state index contributed by atoms with van der Waals surface area (Å²) in [6.45, 7) is 8.06. The van der Waals surface area contributed by atoms with Crippen molar-refractivity contribution in [3.05, 3.63) is 28.8 Å². The third kappa shape index (κ3) is 3.95. The minimum atomic E-state index is -0.554. The van der Waals surface area contributed by atoms with Gasteiger partial charge in [0.05, 0.1) is 18.7 Å². The molecule has 0 aliphatic carbocycles. The van der Waals surface area contributed by atoms with Crippen molar-refractivity contribution in [1.82, 2.24) is 9.80 Å². The molecule has 1 aromatic carbocycles. The molecule has 1 spiro atoms. The Morgan fingerprint density at radius 3 is 2.68 bits per heavy atom. The zero-order valence-corrected chi connectivity index (χ0v) is 17.5. The topological polar surface area (TPSA) is 62.2 Å². The SMILES string of the molecule is CC(C)(C)OC(=O)N1CC(N2CCC3(CC2)Cc2cc(Cl)ccc2O3)[C@H](O)C1. The van der Waals surface area contributed by atoms with E-state index in [0.29, 0.717) is 13.1 Å². The number of hydrogen-bond donors (Lipinski definition) is 1. The monoisotopic (exact) mass is 408 g/mol. The molecular formula is C21H29ClN2O4. The van der Waals surface area contributed by atoms with Crippen LogP contribution in [0.25, 0.3) is 0 Å². The Labute approximate surface area is 171 Å². The molecule has 28 heavy (non-hydrogen) atoms. The molecule has 0 saturated carbocycles. The lowest BCUT2D eigenvalue weighted by molar-refractivity contribution is -0.0112. The van der Waals surface area contributed by atoms with E-state index in [1.165, 1.54) is 5.56 Å². The molecule has 1 N–H and O–H groups in total. The summed E-state index contributed by atoms with van der Waals surface area (Å²) in [5, 5.41) is 11.3. The number of aliphatic hydroxyl groups excluding tert-OH is 1. The molecule has 0 aromatic heterocycles. The van der Waals surface area contributed by atoms with Crippen LogP contribution in [0.5, 0.6) is 5.75 Å². The summed E-state index contributed by atoms with van der Waals surface area (Å²) >= 11 is 6.12. The van der Waals surface area contributed by atoms with Crippen molar-refractivity contribution in [3.63, 3.8) is 0 Å². The Hall–Kier alpha value is -1.50. The molecule has 3 aliphatic heterocycles. The molecule has 2 fully saturated rings. The standard InChI is InChI=1S/C21H29ClN2O4/c1-20(2,3)28-19(26)24-12-16(17(25)13-24)23-8-6-21(7-9-23)11-14-10-15(22)4-5-18(14)27-21/h4-5,10,16-17,25H,6-9,11-13H2,1-3H3/t16?,17-/m1/s1. The molecule has 154 valence electrons. The van der Waals surface area contributed by atoms with Gasteiger partial charge < -0.3 is 19.5 Å². The highest BCUT2D eigenvalue weighted by atomic mass is 35.5. The minimum Gasteiger partial charge on any atom is -0.487 e. The molecule has 0 radical (unpaired) electrons. The van der Waals surface area contributed by atoms with Gasteiger partial charge in [0.15, 0.2) is 0 Å². The van der Waals surface area contributed by atoms with Crippen LogP contribution in [-0.2, 0) is 11.2 Å². The maximum Gasteiger partial charge on any atom is 0.410 e. The second-order valence-electron chi connectivity index (χ2n) is 9.27. The average Bonchev–Trinajstić information content (AvgIpc) is 3.14. The van der Waals surface area contributed by atoms with Gasteiger partial charge in [-0.05, 0) is 44.5 Å². The van der Waals surface area contributed by atoms with Crippen molar-refractivity contribution in [1.29, 1.82) is 0 Å². The molecule has 1 unspecified atom stereocenters. The molecule has 1 amide bonds. The first kappa shape index (κ1) is 19.8. The molecule has 4 rings (SSSR count). The van der Waals surface area contributed by atoms with Crippen LogP contribution in [0.3, 0.4) is 0 Å². The number of hydrogen-bond acceptors (Lipinski definition) is 5. The quantitative estimate of drug-likeness (QED) is 0.773. The third-order valence-electron chi connectivity index (χ3n) is 5.95. The summed E-state index contributed by atoms with van der Waals surface area (Å²) in [7, 11) is 0. The van der Waals surface area contributed by atoms with Crippen LogP contribution in [0.15, 0.2) is 18.2 Å². The van der Waals surface area contributed by atoms with Gasteiger partial charge in [-0.2, -0.15) is 0 Å². The number of ether oxygens (including phenoxy) is 2. The van der Waals surface area contributed by atoms with Crippen LogP contribution in [0, 0.1) is 0 Å². The summed E-state index contributed by atoms with van der Waals surface area (Å²) in [6, 6.07) is 5.77. The Kier molecular flexibility index (Phi) is 5.01. The summed E-state index contributed by atoms with van der Waals surface area (Å²) in [5.41, 5.74) is 0.478. The Bertz CT molecular complexity index is 755. The van der Waals surface area contributed by atoms with E-state index >= 15 is 0 Å². The number of likely N-dealkylation sites (tertiary alicyclic amines) is 2. The minimum absolute atomic E-state index is 0.0527. The summed E-state index contributed by atoms with van der Waals surface area (Å²) in [6.07, 6.45) is 1.77. The smallest absolute Gasteiger partial charge is 0.410 e. The molecule has 2 saturated heterocycles. The van der Waals surface area contributed by atoms with Crippen molar-refractivity contribution in [2.75, 3.05) is 26.2 Å². The van der Waals surface area contributed by atoms with Gasteiger partial charge >= 0.3 is 6.09 Å². The van der Waals surface area contributed by atoms with Gasteiger partial charge in [-0.3, -0.25) is 4.90 Å². The van der Waals surface area contributed by atoms with E-state index in [1.54, 1.807) is 4.90 Å². The number of carbonyl (C=O) groups excluding carboxylic acids is 1. The van der Waals surface area contributed by atoms with Crippen molar-refractivity contribution in [3.8, 4) is 5.75 Å². The zero-order valence-electron chi connectivity index (χ0n) is 16.8. The predicted octanol–water partition coefficient (Wildman–Crippen LogP) is 3.09. The number of amides is 1. The second kappa shape index (κ2) is 7.08. The lowest BCUT2D eigenvalue weighted by Crippen LogP contribution is -2.53. The van der Waals surface area contributed by atoms with E-state index in [2.05, 4.69) is 4.90 Å². The molecular weight excluding hydrogens is 380 g/mol. The normalized spacial score (nSPS) is 27.0. The van der Waals surface area contributed by atoms with Crippen molar-refractivity contribution >= 4 is 17.7 Å². The van der Waals surface area contributed by atoms with Crippen LogP contribution in [0.1, 0.15) is 39.2 Å².